The molecule has 2 unspecified atom stereocenters. The Morgan fingerprint density at radius 1 is 1.52 bits per heavy atom. The molecule has 23 heavy (non-hydrogen) atoms. The summed E-state index contributed by atoms with van der Waals surface area (Å²) in [6.07, 6.45) is 3.93. The van der Waals surface area contributed by atoms with Crippen LogP contribution in [0.2, 0.25) is 0 Å². The number of aromatic amines is 1. The lowest BCUT2D eigenvalue weighted by Crippen LogP contribution is -2.45. The van der Waals surface area contributed by atoms with Gasteiger partial charge in [-0.2, -0.15) is 5.10 Å². The van der Waals surface area contributed by atoms with Gasteiger partial charge in [0.05, 0.1) is 11.7 Å². The maximum absolute atomic E-state index is 12.5. The number of carbonyl (C=O) groups excluding carboxylic acids is 1. The van der Waals surface area contributed by atoms with E-state index in [1.54, 1.807) is 11.3 Å². The predicted octanol–water partition coefficient (Wildman–Crippen LogP) is 3.13. The van der Waals surface area contributed by atoms with Gasteiger partial charge in [0.25, 0.3) is 0 Å². The number of H-pyrrole nitrogens is 1. The lowest BCUT2D eigenvalue weighted by molar-refractivity contribution is 0.176. The van der Waals surface area contributed by atoms with Crippen molar-refractivity contribution in [2.24, 2.45) is 0 Å². The molecule has 0 bridgehead atoms. The molecule has 2 aromatic heterocycles. The zero-order valence-corrected chi connectivity index (χ0v) is 14.6. The first-order valence-electron chi connectivity index (χ1n) is 8.02. The molecular weight excluding hydrogens is 310 g/mol. The van der Waals surface area contributed by atoms with Gasteiger partial charge in [-0.3, -0.25) is 5.10 Å². The van der Waals surface area contributed by atoms with Crippen molar-refractivity contribution < 1.29 is 4.79 Å². The number of urea groups is 1. The van der Waals surface area contributed by atoms with E-state index in [1.807, 2.05) is 31.9 Å². The summed E-state index contributed by atoms with van der Waals surface area (Å²) in [4.78, 5) is 19.9. The summed E-state index contributed by atoms with van der Waals surface area (Å²) in [6.45, 7) is 7.53. The number of aromatic nitrogens is 3. The summed E-state index contributed by atoms with van der Waals surface area (Å²) in [5, 5.41) is 11.4. The van der Waals surface area contributed by atoms with E-state index in [0.29, 0.717) is 5.92 Å². The van der Waals surface area contributed by atoms with E-state index in [1.165, 1.54) is 0 Å². The maximum Gasteiger partial charge on any atom is 0.317 e. The Morgan fingerprint density at radius 3 is 3.00 bits per heavy atom. The zero-order valence-electron chi connectivity index (χ0n) is 13.8. The number of nitrogens with zero attached hydrogens (tertiary/aromatic N) is 3. The van der Waals surface area contributed by atoms with Crippen LogP contribution in [0.1, 0.15) is 53.0 Å². The minimum absolute atomic E-state index is 0.0117. The standard InChI is InChI=1S/C16H23N5OS/c1-10-7-14(20-19-10)13-5-4-6-21(9-13)16(22)18-12(3)15-17-8-11(2)23-15/h7-8,12-13H,4-6,9H2,1-3H3,(H,18,22)(H,19,20). The molecule has 2 amide bonds. The molecule has 0 aromatic carbocycles. The summed E-state index contributed by atoms with van der Waals surface area (Å²) in [5.41, 5.74) is 2.12. The number of thiazole rings is 1. The molecule has 7 heteroatoms. The first-order valence-corrected chi connectivity index (χ1v) is 8.84. The lowest BCUT2D eigenvalue weighted by Gasteiger charge is -2.32. The second kappa shape index (κ2) is 6.70. The van der Waals surface area contributed by atoms with Gasteiger partial charge < -0.3 is 10.2 Å². The van der Waals surface area contributed by atoms with Crippen molar-refractivity contribution in [3.63, 3.8) is 0 Å². The van der Waals surface area contributed by atoms with E-state index in [0.717, 1.165) is 47.2 Å². The van der Waals surface area contributed by atoms with Crippen LogP contribution >= 0.6 is 11.3 Å². The molecule has 0 saturated carbocycles. The van der Waals surface area contributed by atoms with Gasteiger partial charge in [-0.25, -0.2) is 9.78 Å². The lowest BCUT2D eigenvalue weighted by atomic mass is 9.95. The fourth-order valence-electron chi connectivity index (χ4n) is 2.96. The molecule has 2 atom stereocenters. The number of amides is 2. The molecule has 2 N–H and O–H groups in total. The maximum atomic E-state index is 12.5. The van der Waals surface area contributed by atoms with E-state index >= 15 is 0 Å². The van der Waals surface area contributed by atoms with Crippen molar-refractivity contribution in [2.75, 3.05) is 13.1 Å². The quantitative estimate of drug-likeness (QED) is 0.906. The van der Waals surface area contributed by atoms with Gasteiger partial charge in [0.1, 0.15) is 5.01 Å². The normalized spacial score (nSPS) is 19.6. The highest BCUT2D eigenvalue weighted by Gasteiger charge is 2.27. The van der Waals surface area contributed by atoms with Crippen LogP contribution in [-0.4, -0.2) is 39.2 Å². The summed E-state index contributed by atoms with van der Waals surface area (Å²) in [5.74, 6) is 0.317. The third-order valence-corrected chi connectivity index (χ3v) is 5.30. The number of rotatable bonds is 3. The number of carbonyl (C=O) groups is 1. The van der Waals surface area contributed by atoms with Gasteiger partial charge in [0.15, 0.2) is 0 Å². The summed E-state index contributed by atoms with van der Waals surface area (Å²) in [7, 11) is 0. The Balaban J connectivity index is 1.60. The van der Waals surface area contributed by atoms with Crippen LogP contribution in [0.25, 0.3) is 0 Å². The molecule has 0 aliphatic carbocycles. The minimum atomic E-state index is -0.0609. The highest BCUT2D eigenvalue weighted by atomic mass is 32.1. The summed E-state index contributed by atoms with van der Waals surface area (Å²) < 4.78 is 0. The third kappa shape index (κ3) is 3.72. The molecular formula is C16H23N5OS. The number of nitrogens with one attached hydrogen (secondary N) is 2. The van der Waals surface area contributed by atoms with Crippen LogP contribution in [0.5, 0.6) is 0 Å². The largest absolute Gasteiger partial charge is 0.329 e. The Labute approximate surface area is 140 Å². The van der Waals surface area contributed by atoms with Crippen LogP contribution in [0, 0.1) is 13.8 Å². The third-order valence-electron chi connectivity index (χ3n) is 4.20. The van der Waals surface area contributed by atoms with Crippen LogP contribution in [-0.2, 0) is 0 Å². The molecule has 1 fully saturated rings. The second-order valence-electron chi connectivity index (χ2n) is 6.24. The number of aryl methyl sites for hydroxylation is 2. The molecule has 0 spiro atoms. The molecule has 1 aliphatic rings. The molecule has 3 rings (SSSR count). The number of hydrogen-bond acceptors (Lipinski definition) is 4. The highest BCUT2D eigenvalue weighted by molar-refractivity contribution is 7.11. The van der Waals surface area contributed by atoms with Crippen LogP contribution in [0.4, 0.5) is 4.79 Å². The Kier molecular flexibility index (Phi) is 4.66. The van der Waals surface area contributed by atoms with E-state index in [2.05, 4.69) is 26.6 Å². The van der Waals surface area contributed by atoms with Crippen molar-refractivity contribution in [1.82, 2.24) is 25.4 Å². The Bertz CT molecular complexity index is 680. The second-order valence-corrected chi connectivity index (χ2v) is 7.51. The fourth-order valence-corrected chi connectivity index (χ4v) is 3.74. The summed E-state index contributed by atoms with van der Waals surface area (Å²) in [6, 6.07) is 2.00. The van der Waals surface area contributed by atoms with Crippen molar-refractivity contribution in [2.45, 2.75) is 45.6 Å². The van der Waals surface area contributed by atoms with E-state index in [9.17, 15) is 4.79 Å². The predicted molar refractivity (Wildman–Crippen MR) is 90.7 cm³/mol. The van der Waals surface area contributed by atoms with E-state index in [4.69, 9.17) is 0 Å². The monoisotopic (exact) mass is 333 g/mol. The average Bonchev–Trinajstić information content (AvgIpc) is 3.16. The van der Waals surface area contributed by atoms with Gasteiger partial charge >= 0.3 is 6.03 Å². The molecule has 6 nitrogen and oxygen atoms in total. The zero-order chi connectivity index (χ0) is 16.4. The van der Waals surface area contributed by atoms with Gasteiger partial charge in [0.2, 0.25) is 0 Å². The Morgan fingerprint density at radius 2 is 2.35 bits per heavy atom. The average molecular weight is 333 g/mol. The molecule has 1 aliphatic heterocycles. The number of likely N-dealkylation sites (tertiary alicyclic amines) is 1. The molecule has 2 aromatic rings. The first-order chi connectivity index (χ1) is 11.0. The van der Waals surface area contributed by atoms with Crippen molar-refractivity contribution in [1.29, 1.82) is 0 Å². The SMILES string of the molecule is Cc1cc(C2CCCN(C(=O)NC(C)c3ncc(C)s3)C2)n[nH]1. The first kappa shape index (κ1) is 16.0. The van der Waals surface area contributed by atoms with Crippen molar-refractivity contribution in [3.8, 4) is 0 Å². The smallest absolute Gasteiger partial charge is 0.317 e. The fraction of sp³-hybridized carbons (Fsp3) is 0.562. The van der Waals surface area contributed by atoms with Gasteiger partial charge in [-0.05, 0) is 39.7 Å². The molecule has 0 radical (unpaired) electrons. The van der Waals surface area contributed by atoms with Crippen molar-refractivity contribution in [3.05, 3.63) is 33.5 Å². The van der Waals surface area contributed by atoms with Gasteiger partial charge in [-0.1, -0.05) is 0 Å². The topological polar surface area (TPSA) is 73.9 Å². The molecule has 124 valence electrons. The van der Waals surface area contributed by atoms with Crippen LogP contribution < -0.4 is 5.32 Å². The van der Waals surface area contributed by atoms with E-state index in [-0.39, 0.29) is 12.1 Å². The molecule has 3 heterocycles. The summed E-state index contributed by atoms with van der Waals surface area (Å²) >= 11 is 1.63. The van der Waals surface area contributed by atoms with Crippen LogP contribution in [0.3, 0.4) is 0 Å². The van der Waals surface area contributed by atoms with Crippen molar-refractivity contribution >= 4 is 17.4 Å². The van der Waals surface area contributed by atoms with Gasteiger partial charge in [-0.15, -0.1) is 11.3 Å². The highest BCUT2D eigenvalue weighted by Crippen LogP contribution is 2.26. The molecule has 1 saturated heterocycles. The minimum Gasteiger partial charge on any atom is -0.329 e. The number of hydrogen-bond donors (Lipinski definition) is 2. The van der Waals surface area contributed by atoms with E-state index < -0.39 is 0 Å². The van der Waals surface area contributed by atoms with Crippen LogP contribution in [0.15, 0.2) is 12.3 Å². The van der Waals surface area contributed by atoms with Gasteiger partial charge in [0, 0.05) is 35.8 Å². The Hall–Kier alpha value is -1.89. The number of piperidine rings is 1.